The number of aromatic hydroxyl groups is 1. The number of carbonyl (C=O) groups is 2. The molecule has 7 nitrogen and oxygen atoms in total. The van der Waals surface area contributed by atoms with Crippen molar-refractivity contribution in [1.82, 2.24) is 15.1 Å². The Morgan fingerprint density at radius 2 is 2.14 bits per heavy atom. The van der Waals surface area contributed by atoms with Crippen molar-refractivity contribution in [3.63, 3.8) is 0 Å². The monoisotopic (exact) mass is 309 g/mol. The van der Waals surface area contributed by atoms with E-state index in [-0.39, 0.29) is 16.3 Å². The van der Waals surface area contributed by atoms with Crippen LogP contribution in [-0.4, -0.2) is 31.9 Å². The largest absolute Gasteiger partial charge is 0.507 e. The third-order valence-corrected chi connectivity index (χ3v) is 3.02. The van der Waals surface area contributed by atoms with Gasteiger partial charge in [-0.05, 0) is 18.2 Å². The summed E-state index contributed by atoms with van der Waals surface area (Å²) in [4.78, 5) is 23.3. The van der Waals surface area contributed by atoms with Gasteiger partial charge < -0.3 is 15.5 Å². The number of nitrogens with zero attached hydrogens (tertiary/aromatic N) is 2. The lowest BCUT2D eigenvalue weighted by atomic mass is 10.1. The number of hydrogen-bond donors (Lipinski definition) is 3. The van der Waals surface area contributed by atoms with Crippen LogP contribution in [0.15, 0.2) is 30.6 Å². The van der Waals surface area contributed by atoms with Crippen molar-refractivity contribution in [1.29, 1.82) is 0 Å². The lowest BCUT2D eigenvalue weighted by Gasteiger charge is -2.13. The number of phenols is 1. The first-order chi connectivity index (χ1) is 9.88. The predicted octanol–water partition coefficient (Wildman–Crippen LogP) is 1.33. The van der Waals surface area contributed by atoms with Crippen LogP contribution in [0.3, 0.4) is 0 Å². The van der Waals surface area contributed by atoms with Crippen LogP contribution < -0.4 is 5.32 Å². The summed E-state index contributed by atoms with van der Waals surface area (Å²) in [7, 11) is 1.63. The molecule has 110 valence electrons. The van der Waals surface area contributed by atoms with E-state index < -0.39 is 17.9 Å². The summed E-state index contributed by atoms with van der Waals surface area (Å²) < 4.78 is 1.43. The second kappa shape index (κ2) is 5.84. The molecule has 1 heterocycles. The Bertz CT molecular complexity index is 698. The number of amides is 1. The van der Waals surface area contributed by atoms with E-state index in [4.69, 9.17) is 11.6 Å². The number of carboxylic acid groups (broad SMARTS) is 1. The highest BCUT2D eigenvalue weighted by Crippen LogP contribution is 2.23. The Morgan fingerprint density at radius 3 is 2.67 bits per heavy atom. The Kier molecular flexibility index (Phi) is 4.13. The van der Waals surface area contributed by atoms with Gasteiger partial charge in [0.2, 0.25) is 0 Å². The third kappa shape index (κ3) is 3.32. The Labute approximate surface area is 124 Å². The summed E-state index contributed by atoms with van der Waals surface area (Å²) in [6, 6.07) is 2.68. The van der Waals surface area contributed by atoms with Crippen LogP contribution in [0.2, 0.25) is 5.02 Å². The van der Waals surface area contributed by atoms with Crippen molar-refractivity contribution in [3.8, 4) is 5.75 Å². The van der Waals surface area contributed by atoms with Crippen molar-refractivity contribution in [3.05, 3.63) is 46.7 Å². The second-order valence-electron chi connectivity index (χ2n) is 4.35. The molecule has 0 aliphatic heterocycles. The molecular formula is C13H12ClN3O4. The minimum Gasteiger partial charge on any atom is -0.507 e. The fourth-order valence-electron chi connectivity index (χ4n) is 1.78. The number of nitrogens with one attached hydrogen (secondary N) is 1. The van der Waals surface area contributed by atoms with Gasteiger partial charge in [-0.3, -0.25) is 9.48 Å². The second-order valence-corrected chi connectivity index (χ2v) is 4.79. The zero-order chi connectivity index (χ0) is 15.6. The van der Waals surface area contributed by atoms with Gasteiger partial charge >= 0.3 is 5.97 Å². The number of aromatic nitrogens is 2. The summed E-state index contributed by atoms with van der Waals surface area (Å²) in [6.45, 7) is 0. The lowest BCUT2D eigenvalue weighted by Crippen LogP contribution is -2.33. The zero-order valence-electron chi connectivity index (χ0n) is 10.9. The molecule has 0 fully saturated rings. The molecular weight excluding hydrogens is 298 g/mol. The number of benzene rings is 1. The molecule has 0 saturated carbocycles. The molecule has 1 aromatic heterocycles. The first-order valence-corrected chi connectivity index (χ1v) is 6.27. The maximum atomic E-state index is 12.1. The summed E-state index contributed by atoms with van der Waals surface area (Å²) in [5.41, 5.74) is 0.265. The molecule has 0 aliphatic carbocycles. The predicted molar refractivity (Wildman–Crippen MR) is 74.2 cm³/mol. The van der Waals surface area contributed by atoms with Gasteiger partial charge in [-0.25, -0.2) is 4.79 Å². The number of phenolic OH excluding ortho intramolecular Hbond substituents is 1. The van der Waals surface area contributed by atoms with Crippen molar-refractivity contribution >= 4 is 23.5 Å². The van der Waals surface area contributed by atoms with E-state index in [2.05, 4.69) is 10.4 Å². The quantitative estimate of drug-likeness (QED) is 0.790. The smallest absolute Gasteiger partial charge is 0.331 e. The zero-order valence-corrected chi connectivity index (χ0v) is 11.7. The van der Waals surface area contributed by atoms with Crippen molar-refractivity contribution in [2.75, 3.05) is 0 Å². The van der Waals surface area contributed by atoms with Gasteiger partial charge in [-0.15, -0.1) is 0 Å². The number of carbonyl (C=O) groups excluding carboxylic acids is 1. The van der Waals surface area contributed by atoms with E-state index in [0.29, 0.717) is 5.56 Å². The molecule has 3 N–H and O–H groups in total. The van der Waals surface area contributed by atoms with Gasteiger partial charge in [0.1, 0.15) is 5.75 Å². The average molecular weight is 310 g/mol. The molecule has 0 aliphatic rings. The van der Waals surface area contributed by atoms with Crippen LogP contribution in [0.4, 0.5) is 0 Å². The van der Waals surface area contributed by atoms with Gasteiger partial charge in [0.15, 0.2) is 6.04 Å². The van der Waals surface area contributed by atoms with E-state index in [1.807, 2.05) is 0 Å². The molecule has 1 unspecified atom stereocenters. The molecule has 2 aromatic rings. The number of rotatable bonds is 4. The lowest BCUT2D eigenvalue weighted by molar-refractivity contribution is -0.139. The van der Waals surface area contributed by atoms with Crippen LogP contribution in [0, 0.1) is 0 Å². The summed E-state index contributed by atoms with van der Waals surface area (Å²) in [5.74, 6) is -2.28. The van der Waals surface area contributed by atoms with E-state index in [1.54, 1.807) is 7.05 Å². The van der Waals surface area contributed by atoms with Crippen LogP contribution in [0.1, 0.15) is 22.0 Å². The van der Waals surface area contributed by atoms with Crippen LogP contribution in [0.25, 0.3) is 0 Å². The minimum atomic E-state index is -1.26. The standard InChI is InChI=1S/C13H12ClN3O4/c1-17-6-7(5-15-17)11(13(20)21)16-12(19)9-3-2-8(14)4-10(9)18/h2-6,11,18H,1H3,(H,16,19)(H,20,21). The van der Waals surface area contributed by atoms with Crippen LogP contribution in [-0.2, 0) is 11.8 Å². The molecule has 21 heavy (non-hydrogen) atoms. The fraction of sp³-hybridized carbons (Fsp3) is 0.154. The molecule has 0 bridgehead atoms. The van der Waals surface area contributed by atoms with Crippen molar-refractivity contribution in [2.45, 2.75) is 6.04 Å². The van der Waals surface area contributed by atoms with Gasteiger partial charge in [-0.1, -0.05) is 11.6 Å². The molecule has 0 spiro atoms. The number of halogens is 1. The summed E-state index contributed by atoms with van der Waals surface area (Å²) in [6.07, 6.45) is 2.83. The van der Waals surface area contributed by atoms with E-state index in [1.165, 1.54) is 35.3 Å². The maximum absolute atomic E-state index is 12.1. The topological polar surface area (TPSA) is 104 Å². The van der Waals surface area contributed by atoms with E-state index in [0.717, 1.165) is 0 Å². The van der Waals surface area contributed by atoms with Gasteiger partial charge in [-0.2, -0.15) is 5.10 Å². The molecule has 1 atom stereocenters. The fourth-order valence-corrected chi connectivity index (χ4v) is 1.95. The Balaban J connectivity index is 2.25. The maximum Gasteiger partial charge on any atom is 0.331 e. The van der Waals surface area contributed by atoms with Gasteiger partial charge in [0.05, 0.1) is 11.8 Å². The Morgan fingerprint density at radius 1 is 1.43 bits per heavy atom. The summed E-state index contributed by atoms with van der Waals surface area (Å²) >= 11 is 5.68. The SMILES string of the molecule is Cn1cc(C(NC(=O)c2ccc(Cl)cc2O)C(=O)O)cn1. The van der Waals surface area contributed by atoms with E-state index in [9.17, 15) is 19.8 Å². The van der Waals surface area contributed by atoms with Gasteiger partial charge in [0.25, 0.3) is 5.91 Å². The highest BCUT2D eigenvalue weighted by atomic mass is 35.5. The highest BCUT2D eigenvalue weighted by Gasteiger charge is 2.25. The van der Waals surface area contributed by atoms with Crippen LogP contribution >= 0.6 is 11.6 Å². The number of aryl methyl sites for hydroxylation is 1. The summed E-state index contributed by atoms with van der Waals surface area (Å²) in [5, 5.41) is 25.4. The molecule has 0 saturated heterocycles. The molecule has 0 radical (unpaired) electrons. The van der Waals surface area contributed by atoms with Crippen LogP contribution in [0.5, 0.6) is 5.75 Å². The minimum absolute atomic E-state index is 0.0606. The van der Waals surface area contributed by atoms with E-state index >= 15 is 0 Å². The van der Waals surface area contributed by atoms with Gasteiger partial charge in [0, 0.05) is 23.8 Å². The Hall–Kier alpha value is -2.54. The highest BCUT2D eigenvalue weighted by molar-refractivity contribution is 6.30. The molecule has 8 heteroatoms. The average Bonchev–Trinajstić information content (AvgIpc) is 2.81. The number of carboxylic acids is 1. The molecule has 2 rings (SSSR count). The van der Waals surface area contributed by atoms with Crippen molar-refractivity contribution in [2.24, 2.45) is 7.05 Å². The third-order valence-electron chi connectivity index (χ3n) is 2.78. The first-order valence-electron chi connectivity index (χ1n) is 5.89. The normalized spacial score (nSPS) is 11.9. The first kappa shape index (κ1) is 14.9. The molecule has 1 aromatic carbocycles. The van der Waals surface area contributed by atoms with Crippen molar-refractivity contribution < 1.29 is 19.8 Å². The molecule has 1 amide bonds. The number of aliphatic carboxylic acids is 1. The number of hydrogen-bond acceptors (Lipinski definition) is 4.